The van der Waals surface area contributed by atoms with E-state index in [0.29, 0.717) is 22.7 Å². The van der Waals surface area contributed by atoms with Crippen LogP contribution in [0.1, 0.15) is 44.0 Å². The highest BCUT2D eigenvalue weighted by Gasteiger charge is 2.23. The SMILES string of the molecule is Cc1ccccc1NC(=O)Cc1nnc(SCC(=O)N[C@@H]2CCCC[C@H]2C)n1C. The lowest BCUT2D eigenvalue weighted by Crippen LogP contribution is -2.41. The van der Waals surface area contributed by atoms with Crippen molar-refractivity contribution < 1.29 is 9.59 Å². The van der Waals surface area contributed by atoms with E-state index in [1.54, 1.807) is 4.57 Å². The summed E-state index contributed by atoms with van der Waals surface area (Å²) in [6.45, 7) is 4.15. The number of rotatable bonds is 7. The Labute approximate surface area is 176 Å². The maximum Gasteiger partial charge on any atom is 0.232 e. The molecular formula is C21H29N5O2S. The number of amides is 2. The van der Waals surface area contributed by atoms with Crippen LogP contribution in [0.15, 0.2) is 29.4 Å². The minimum atomic E-state index is -0.143. The molecular weight excluding hydrogens is 386 g/mol. The number of carbonyl (C=O) groups is 2. The molecule has 0 unspecified atom stereocenters. The Kier molecular flexibility index (Phi) is 7.30. The second-order valence-electron chi connectivity index (χ2n) is 7.72. The average Bonchev–Trinajstić information content (AvgIpc) is 3.03. The molecule has 1 saturated carbocycles. The Morgan fingerprint density at radius 1 is 1.17 bits per heavy atom. The van der Waals surface area contributed by atoms with Crippen molar-refractivity contribution in [1.82, 2.24) is 20.1 Å². The van der Waals surface area contributed by atoms with Gasteiger partial charge in [-0.3, -0.25) is 9.59 Å². The van der Waals surface area contributed by atoms with Gasteiger partial charge in [-0.2, -0.15) is 0 Å². The second-order valence-corrected chi connectivity index (χ2v) is 8.66. The predicted octanol–water partition coefficient (Wildman–Crippen LogP) is 3.09. The van der Waals surface area contributed by atoms with Crippen LogP contribution in [-0.4, -0.2) is 38.4 Å². The summed E-state index contributed by atoms with van der Waals surface area (Å²) in [5, 5.41) is 15.0. The van der Waals surface area contributed by atoms with Crippen LogP contribution in [0.3, 0.4) is 0 Å². The first-order valence-electron chi connectivity index (χ1n) is 10.1. The quantitative estimate of drug-likeness (QED) is 0.679. The number of nitrogens with one attached hydrogen (secondary N) is 2. The Hall–Kier alpha value is -2.35. The molecule has 3 rings (SSSR count). The molecule has 29 heavy (non-hydrogen) atoms. The lowest BCUT2D eigenvalue weighted by Gasteiger charge is -2.29. The minimum absolute atomic E-state index is 0.0237. The largest absolute Gasteiger partial charge is 0.352 e. The fourth-order valence-electron chi connectivity index (χ4n) is 3.59. The van der Waals surface area contributed by atoms with Crippen LogP contribution in [-0.2, 0) is 23.1 Å². The molecule has 1 aliphatic rings. The number of benzene rings is 1. The van der Waals surface area contributed by atoms with E-state index in [1.807, 2.05) is 38.2 Å². The molecule has 1 fully saturated rings. The highest BCUT2D eigenvalue weighted by atomic mass is 32.2. The van der Waals surface area contributed by atoms with Crippen molar-refractivity contribution in [2.24, 2.45) is 13.0 Å². The molecule has 2 N–H and O–H groups in total. The van der Waals surface area contributed by atoms with Gasteiger partial charge in [0.05, 0.1) is 12.2 Å². The Morgan fingerprint density at radius 2 is 1.93 bits per heavy atom. The third kappa shape index (κ3) is 5.82. The molecule has 7 nitrogen and oxygen atoms in total. The summed E-state index contributed by atoms with van der Waals surface area (Å²) in [6, 6.07) is 7.92. The summed E-state index contributed by atoms with van der Waals surface area (Å²) >= 11 is 1.34. The number of thioether (sulfide) groups is 1. The summed E-state index contributed by atoms with van der Waals surface area (Å²) in [4.78, 5) is 24.7. The van der Waals surface area contributed by atoms with Gasteiger partial charge in [-0.1, -0.05) is 49.7 Å². The zero-order chi connectivity index (χ0) is 20.8. The van der Waals surface area contributed by atoms with E-state index >= 15 is 0 Å². The van der Waals surface area contributed by atoms with Crippen LogP contribution in [0.5, 0.6) is 0 Å². The Bertz CT molecular complexity index is 867. The van der Waals surface area contributed by atoms with E-state index in [9.17, 15) is 9.59 Å². The Balaban J connectivity index is 1.50. The van der Waals surface area contributed by atoms with Crippen molar-refractivity contribution in [2.75, 3.05) is 11.1 Å². The average molecular weight is 416 g/mol. The monoisotopic (exact) mass is 415 g/mol. The van der Waals surface area contributed by atoms with Crippen LogP contribution in [0.25, 0.3) is 0 Å². The topological polar surface area (TPSA) is 88.9 Å². The number of hydrogen-bond donors (Lipinski definition) is 2. The molecule has 0 saturated heterocycles. The second kappa shape index (κ2) is 9.91. The first kappa shape index (κ1) is 21.4. The van der Waals surface area contributed by atoms with Crippen LogP contribution in [0.4, 0.5) is 5.69 Å². The lowest BCUT2D eigenvalue weighted by atomic mass is 9.86. The third-order valence-corrected chi connectivity index (χ3v) is 6.47. The molecule has 8 heteroatoms. The standard InChI is InChI=1S/C21H29N5O2S/c1-14-8-4-6-10-16(14)22-19(27)12-18-24-25-21(26(18)3)29-13-20(28)23-17-11-7-5-9-15(17)2/h4,6,8,10,15,17H,5,7,9,11-13H2,1-3H3,(H,22,27)(H,23,28)/t15-,17-/m1/s1. The maximum absolute atomic E-state index is 12.4. The van der Waals surface area contributed by atoms with Gasteiger partial charge >= 0.3 is 0 Å². The van der Waals surface area contributed by atoms with Crippen molar-refractivity contribution in [3.63, 3.8) is 0 Å². The molecule has 156 valence electrons. The van der Waals surface area contributed by atoms with Gasteiger partial charge in [0.2, 0.25) is 11.8 Å². The van der Waals surface area contributed by atoms with Gasteiger partial charge in [0.1, 0.15) is 5.82 Å². The first-order valence-corrected chi connectivity index (χ1v) is 11.1. The van der Waals surface area contributed by atoms with E-state index in [1.165, 1.54) is 31.0 Å². The maximum atomic E-state index is 12.4. The summed E-state index contributed by atoms with van der Waals surface area (Å²) in [5.74, 6) is 1.28. The van der Waals surface area contributed by atoms with Crippen molar-refractivity contribution in [3.8, 4) is 0 Å². The summed E-state index contributed by atoms with van der Waals surface area (Å²) in [5.41, 5.74) is 1.80. The van der Waals surface area contributed by atoms with Gasteiger partial charge in [0, 0.05) is 18.8 Å². The van der Waals surface area contributed by atoms with Gasteiger partial charge in [-0.15, -0.1) is 10.2 Å². The van der Waals surface area contributed by atoms with Crippen molar-refractivity contribution in [3.05, 3.63) is 35.7 Å². The molecule has 0 aliphatic heterocycles. The van der Waals surface area contributed by atoms with Crippen LogP contribution >= 0.6 is 11.8 Å². The van der Waals surface area contributed by atoms with E-state index in [2.05, 4.69) is 27.8 Å². The predicted molar refractivity (Wildman–Crippen MR) is 115 cm³/mol. The number of para-hydroxylation sites is 1. The zero-order valence-electron chi connectivity index (χ0n) is 17.3. The number of carbonyl (C=O) groups excluding carboxylic acids is 2. The van der Waals surface area contributed by atoms with Crippen molar-refractivity contribution in [2.45, 2.75) is 57.1 Å². The minimum Gasteiger partial charge on any atom is -0.352 e. The molecule has 1 aliphatic carbocycles. The summed E-state index contributed by atoms with van der Waals surface area (Å²) < 4.78 is 1.78. The van der Waals surface area contributed by atoms with E-state index in [4.69, 9.17) is 0 Å². The zero-order valence-corrected chi connectivity index (χ0v) is 18.1. The van der Waals surface area contributed by atoms with Crippen LogP contribution < -0.4 is 10.6 Å². The molecule has 2 aromatic rings. The van der Waals surface area contributed by atoms with Gasteiger partial charge in [0.25, 0.3) is 0 Å². The number of aromatic nitrogens is 3. The highest BCUT2D eigenvalue weighted by molar-refractivity contribution is 7.99. The fourth-order valence-corrected chi connectivity index (χ4v) is 4.33. The smallest absolute Gasteiger partial charge is 0.232 e. The molecule has 2 amide bonds. The van der Waals surface area contributed by atoms with Gasteiger partial charge in [0.15, 0.2) is 5.16 Å². The first-order chi connectivity index (χ1) is 13.9. The van der Waals surface area contributed by atoms with E-state index < -0.39 is 0 Å². The van der Waals surface area contributed by atoms with E-state index in [0.717, 1.165) is 17.7 Å². The van der Waals surface area contributed by atoms with Crippen LogP contribution in [0.2, 0.25) is 0 Å². The fraction of sp³-hybridized carbons (Fsp3) is 0.524. The highest BCUT2D eigenvalue weighted by Crippen LogP contribution is 2.24. The van der Waals surface area contributed by atoms with Crippen molar-refractivity contribution in [1.29, 1.82) is 0 Å². The van der Waals surface area contributed by atoms with Gasteiger partial charge in [-0.05, 0) is 37.3 Å². The third-order valence-electron chi connectivity index (χ3n) is 5.45. The van der Waals surface area contributed by atoms with Crippen LogP contribution in [0, 0.1) is 12.8 Å². The molecule has 1 aromatic heterocycles. The number of aryl methyl sites for hydroxylation is 1. The number of nitrogens with zero attached hydrogens (tertiary/aromatic N) is 3. The molecule has 0 spiro atoms. The van der Waals surface area contributed by atoms with Gasteiger partial charge in [-0.25, -0.2) is 0 Å². The van der Waals surface area contributed by atoms with Gasteiger partial charge < -0.3 is 15.2 Å². The van der Waals surface area contributed by atoms with E-state index in [-0.39, 0.29) is 24.3 Å². The number of hydrogen-bond acceptors (Lipinski definition) is 5. The molecule has 0 radical (unpaired) electrons. The molecule has 2 atom stereocenters. The lowest BCUT2D eigenvalue weighted by molar-refractivity contribution is -0.120. The van der Waals surface area contributed by atoms with Crippen molar-refractivity contribution >= 4 is 29.3 Å². The normalized spacial score (nSPS) is 19.0. The molecule has 1 aromatic carbocycles. The number of anilines is 1. The summed E-state index contributed by atoms with van der Waals surface area (Å²) in [7, 11) is 1.82. The summed E-state index contributed by atoms with van der Waals surface area (Å²) in [6.07, 6.45) is 4.79. The molecule has 1 heterocycles. The molecule has 0 bridgehead atoms. The Morgan fingerprint density at radius 3 is 2.69 bits per heavy atom.